The summed E-state index contributed by atoms with van der Waals surface area (Å²) in [5.41, 5.74) is 0. The zero-order valence-electron chi connectivity index (χ0n) is 26.0. The van der Waals surface area contributed by atoms with Crippen molar-refractivity contribution in [2.24, 2.45) is 11.8 Å². The zero-order chi connectivity index (χ0) is 28.9. The Morgan fingerprint density at radius 1 is 0.816 bits per heavy atom. The summed E-state index contributed by atoms with van der Waals surface area (Å²) in [7, 11) is 1.79. The lowest BCUT2D eigenvalue weighted by Gasteiger charge is -2.30. The van der Waals surface area contributed by atoms with Gasteiger partial charge in [-0.1, -0.05) is 98.3 Å². The van der Waals surface area contributed by atoms with Crippen molar-refractivity contribution in [2.45, 2.75) is 124 Å². The number of carbonyl (C=O) groups is 1. The van der Waals surface area contributed by atoms with E-state index in [0.717, 1.165) is 6.42 Å². The Balaban J connectivity index is 4.25. The van der Waals surface area contributed by atoms with E-state index in [1.54, 1.807) is 0 Å². The van der Waals surface area contributed by atoms with Crippen molar-refractivity contribution in [3.63, 3.8) is 0 Å². The molecular formula is C30H62NO6P. The maximum Gasteiger partial charge on any atom is 0.306 e. The van der Waals surface area contributed by atoms with Crippen LogP contribution in [0, 0.1) is 11.8 Å². The molecule has 8 heteroatoms. The number of ether oxygens (including phenoxy) is 2. The van der Waals surface area contributed by atoms with Crippen molar-refractivity contribution in [2.75, 3.05) is 53.7 Å². The molecule has 0 saturated carbocycles. The van der Waals surface area contributed by atoms with E-state index < -0.39 is 13.7 Å². The monoisotopic (exact) mass is 563 g/mol. The van der Waals surface area contributed by atoms with Crippen LogP contribution in [0.15, 0.2) is 0 Å². The fourth-order valence-electron chi connectivity index (χ4n) is 4.50. The van der Waals surface area contributed by atoms with Crippen molar-refractivity contribution < 1.29 is 32.7 Å². The van der Waals surface area contributed by atoms with Crippen LogP contribution in [0.25, 0.3) is 0 Å². The van der Waals surface area contributed by atoms with E-state index in [4.69, 9.17) is 14.0 Å². The van der Waals surface area contributed by atoms with Gasteiger partial charge < -0.3 is 27.9 Å². The van der Waals surface area contributed by atoms with Crippen LogP contribution in [0.4, 0.5) is 0 Å². The third kappa shape index (κ3) is 24.6. The summed E-state index contributed by atoms with van der Waals surface area (Å²) in [6.07, 6.45) is 16.1. The van der Waals surface area contributed by atoms with E-state index in [1.807, 2.05) is 28.1 Å². The minimum absolute atomic E-state index is 0.0546. The molecule has 0 radical (unpaired) electrons. The lowest BCUT2D eigenvalue weighted by Crippen LogP contribution is -2.38. The topological polar surface area (TPSA) is 84.9 Å². The minimum Gasteiger partial charge on any atom is -0.778 e. The van der Waals surface area contributed by atoms with E-state index in [0.29, 0.717) is 42.3 Å². The molecule has 0 bridgehead atoms. The number of quaternary nitrogens is 1. The predicted octanol–water partition coefficient (Wildman–Crippen LogP) is 6.96. The number of rotatable bonds is 26. The molecule has 4 atom stereocenters. The van der Waals surface area contributed by atoms with E-state index in [1.165, 1.54) is 70.6 Å². The Hall–Kier alpha value is -0.460. The van der Waals surface area contributed by atoms with Crippen molar-refractivity contribution in [1.82, 2.24) is 0 Å². The highest BCUT2D eigenvalue weighted by Gasteiger charge is 2.21. The van der Waals surface area contributed by atoms with Crippen molar-refractivity contribution in [3.05, 3.63) is 0 Å². The molecule has 0 aliphatic carbocycles. The molecule has 38 heavy (non-hydrogen) atoms. The largest absolute Gasteiger partial charge is 0.778 e. The van der Waals surface area contributed by atoms with E-state index in [2.05, 4.69) is 20.8 Å². The third-order valence-corrected chi connectivity index (χ3v) is 8.11. The van der Waals surface area contributed by atoms with Gasteiger partial charge >= 0.3 is 5.97 Å². The molecule has 0 aromatic carbocycles. The number of nitrogens with zero attached hydrogens (tertiary/aromatic N) is 1. The zero-order valence-corrected chi connectivity index (χ0v) is 26.9. The molecule has 0 amide bonds. The van der Waals surface area contributed by atoms with Gasteiger partial charge in [-0.05, 0) is 24.7 Å². The molecule has 228 valence electrons. The van der Waals surface area contributed by atoms with Crippen LogP contribution in [0.3, 0.4) is 0 Å². The minimum atomic E-state index is -4.01. The van der Waals surface area contributed by atoms with Gasteiger partial charge in [0, 0.05) is 13.0 Å². The molecule has 0 fully saturated rings. The SMILES string of the molecule is CCCCCCCCCCCCC(C)CC(C)COCC(COP(=O)([O-])CC[N+](C)(C)C)OC(=O)CCC. The Kier molecular flexibility index (Phi) is 22.0. The maximum atomic E-state index is 12.3. The molecule has 0 saturated heterocycles. The molecule has 0 aliphatic heterocycles. The van der Waals surface area contributed by atoms with Crippen LogP contribution in [0.1, 0.15) is 118 Å². The second kappa shape index (κ2) is 22.3. The van der Waals surface area contributed by atoms with Gasteiger partial charge in [0.2, 0.25) is 0 Å². The first-order valence-corrected chi connectivity index (χ1v) is 17.1. The van der Waals surface area contributed by atoms with Crippen LogP contribution in [-0.2, 0) is 23.4 Å². The Morgan fingerprint density at radius 2 is 1.39 bits per heavy atom. The Labute approximate surface area is 235 Å². The summed E-state index contributed by atoms with van der Waals surface area (Å²) in [4.78, 5) is 24.4. The average molecular weight is 564 g/mol. The summed E-state index contributed by atoms with van der Waals surface area (Å²) in [5, 5.41) is 0. The van der Waals surface area contributed by atoms with Gasteiger partial charge in [0.25, 0.3) is 0 Å². The summed E-state index contributed by atoms with van der Waals surface area (Å²) in [5.74, 6) is 0.683. The predicted molar refractivity (Wildman–Crippen MR) is 156 cm³/mol. The first-order valence-electron chi connectivity index (χ1n) is 15.4. The van der Waals surface area contributed by atoms with Gasteiger partial charge in [0.1, 0.15) is 13.7 Å². The standard InChI is InChI=1S/C30H62NO6P/c1-8-10-11-12-13-14-15-16-17-18-20-27(3)23-28(4)24-35-25-29(37-30(32)19-9-2)26-36-38(33,34)22-21-31(5,6)7/h27-29H,8-26H2,1-7H3. The highest BCUT2D eigenvalue weighted by Crippen LogP contribution is 2.37. The number of carbonyl (C=O) groups excluding carboxylic acids is 1. The molecule has 0 aliphatic rings. The van der Waals surface area contributed by atoms with E-state index >= 15 is 0 Å². The molecule has 0 aromatic rings. The van der Waals surface area contributed by atoms with Crippen LogP contribution >= 0.6 is 7.60 Å². The second-order valence-corrected chi connectivity index (χ2v) is 14.4. The molecule has 0 spiro atoms. The summed E-state index contributed by atoms with van der Waals surface area (Å²) in [6, 6.07) is 0. The lowest BCUT2D eigenvalue weighted by atomic mass is 9.93. The lowest BCUT2D eigenvalue weighted by molar-refractivity contribution is -0.868. The highest BCUT2D eigenvalue weighted by atomic mass is 31.2. The number of hydrogen-bond acceptors (Lipinski definition) is 6. The van der Waals surface area contributed by atoms with Crippen molar-refractivity contribution in [1.29, 1.82) is 0 Å². The van der Waals surface area contributed by atoms with Crippen LogP contribution < -0.4 is 4.89 Å². The Bertz CT molecular complexity index is 624. The Morgan fingerprint density at radius 3 is 1.95 bits per heavy atom. The fourth-order valence-corrected chi connectivity index (χ4v) is 5.87. The number of esters is 1. The van der Waals surface area contributed by atoms with E-state index in [9.17, 15) is 14.3 Å². The van der Waals surface area contributed by atoms with Gasteiger partial charge in [0.15, 0.2) is 0 Å². The van der Waals surface area contributed by atoms with E-state index in [-0.39, 0.29) is 25.3 Å². The van der Waals surface area contributed by atoms with Gasteiger partial charge in [-0.2, -0.15) is 0 Å². The van der Waals surface area contributed by atoms with Gasteiger partial charge in [-0.25, -0.2) is 0 Å². The molecule has 4 unspecified atom stereocenters. The third-order valence-electron chi connectivity index (χ3n) is 6.82. The first-order chi connectivity index (χ1) is 17.9. The smallest absolute Gasteiger partial charge is 0.306 e. The van der Waals surface area contributed by atoms with Crippen LogP contribution in [-0.4, -0.2) is 70.2 Å². The molecular weight excluding hydrogens is 501 g/mol. The number of hydrogen-bond donors (Lipinski definition) is 0. The molecule has 0 N–H and O–H groups in total. The normalized spacial score (nSPS) is 16.1. The second-order valence-electron chi connectivity index (χ2n) is 12.5. The molecule has 0 heterocycles. The van der Waals surface area contributed by atoms with Gasteiger partial charge in [-0.15, -0.1) is 0 Å². The first kappa shape index (κ1) is 37.5. The summed E-state index contributed by atoms with van der Waals surface area (Å²) < 4.78 is 29.4. The fraction of sp³-hybridized carbons (Fsp3) is 0.967. The van der Waals surface area contributed by atoms with Crippen LogP contribution in [0.5, 0.6) is 0 Å². The highest BCUT2D eigenvalue weighted by molar-refractivity contribution is 7.51. The number of unbranched alkanes of at least 4 members (excludes halogenated alkanes) is 9. The summed E-state index contributed by atoms with van der Waals surface area (Å²) >= 11 is 0. The molecule has 0 aromatic heterocycles. The average Bonchev–Trinajstić information content (AvgIpc) is 2.82. The van der Waals surface area contributed by atoms with Crippen molar-refractivity contribution in [3.8, 4) is 0 Å². The van der Waals surface area contributed by atoms with Crippen LogP contribution in [0.2, 0.25) is 0 Å². The maximum absolute atomic E-state index is 12.3. The van der Waals surface area contributed by atoms with Crippen molar-refractivity contribution >= 4 is 13.6 Å². The summed E-state index contributed by atoms with van der Waals surface area (Å²) in [6.45, 7) is 9.61. The van der Waals surface area contributed by atoms with Gasteiger partial charge in [-0.3, -0.25) is 4.79 Å². The van der Waals surface area contributed by atoms with Gasteiger partial charge in [0.05, 0.1) is 47.1 Å². The molecule has 7 nitrogen and oxygen atoms in total. The quantitative estimate of drug-likeness (QED) is 0.0489. The molecule has 0 rings (SSSR count).